The topological polar surface area (TPSA) is 75.9 Å². The molecular weight excluding hydrogens is 214 g/mol. The summed E-state index contributed by atoms with van der Waals surface area (Å²) in [6, 6.07) is 1.93. The van der Waals surface area contributed by atoms with Crippen LogP contribution in [0.4, 0.5) is 0 Å². The Balaban J connectivity index is 3.06. The Bertz CT molecular complexity index is 410. The van der Waals surface area contributed by atoms with Gasteiger partial charge in [-0.25, -0.2) is 4.79 Å². The average molecular weight is 225 g/mol. The monoisotopic (exact) mass is 225 g/mol. The van der Waals surface area contributed by atoms with Gasteiger partial charge in [0, 0.05) is 0 Å². The molecule has 15 heavy (non-hydrogen) atoms. The number of carbonyl (C=O) groups excluding carboxylic acids is 1. The molecule has 0 amide bonds. The van der Waals surface area contributed by atoms with Crippen LogP contribution in [0.25, 0.3) is 0 Å². The van der Waals surface area contributed by atoms with Gasteiger partial charge in [0.2, 0.25) is 5.41 Å². The maximum Gasteiger partial charge on any atom is 0.333 e. The summed E-state index contributed by atoms with van der Waals surface area (Å²) in [5.41, 5.74) is -1.35. The summed E-state index contributed by atoms with van der Waals surface area (Å²) in [5, 5.41) is 17.7. The molecule has 0 fully saturated rings. The lowest BCUT2D eigenvalue weighted by Crippen LogP contribution is -2.32. The number of carbonyl (C=O) groups is 1. The van der Waals surface area contributed by atoms with Gasteiger partial charge in [-0.2, -0.15) is 5.26 Å². The van der Waals surface area contributed by atoms with E-state index in [1.807, 2.05) is 6.07 Å². The van der Waals surface area contributed by atoms with E-state index in [0.717, 1.165) is 5.01 Å². The molecule has 0 N–H and O–H groups in total. The molecule has 0 saturated heterocycles. The van der Waals surface area contributed by atoms with Crippen molar-refractivity contribution in [3.8, 4) is 6.07 Å². The number of aromatic nitrogens is 2. The highest BCUT2D eigenvalue weighted by Crippen LogP contribution is 2.27. The summed E-state index contributed by atoms with van der Waals surface area (Å²) in [4.78, 5) is 11.6. The number of hydrogen-bond acceptors (Lipinski definition) is 6. The quantitative estimate of drug-likeness (QED) is 0.722. The lowest BCUT2D eigenvalue weighted by atomic mass is 9.94. The molecule has 80 valence electrons. The fraction of sp³-hybridized carbons (Fsp3) is 0.556. The van der Waals surface area contributed by atoms with Gasteiger partial charge >= 0.3 is 5.97 Å². The number of nitriles is 1. The molecule has 0 radical (unpaired) electrons. The highest BCUT2D eigenvalue weighted by Gasteiger charge is 2.40. The summed E-state index contributed by atoms with van der Waals surface area (Å²) in [6.07, 6.45) is 0. The van der Waals surface area contributed by atoms with Crippen molar-refractivity contribution in [2.45, 2.75) is 26.2 Å². The van der Waals surface area contributed by atoms with E-state index in [9.17, 15) is 4.79 Å². The van der Waals surface area contributed by atoms with Gasteiger partial charge in [-0.15, -0.1) is 10.2 Å². The Morgan fingerprint density at radius 1 is 1.67 bits per heavy atom. The Labute approximate surface area is 91.7 Å². The molecule has 0 aliphatic rings. The molecule has 0 aliphatic heterocycles. The first kappa shape index (κ1) is 11.6. The van der Waals surface area contributed by atoms with Gasteiger partial charge < -0.3 is 4.74 Å². The number of nitrogens with zero attached hydrogens (tertiary/aromatic N) is 3. The molecular formula is C9H11N3O2S. The molecule has 1 unspecified atom stereocenters. The zero-order chi connectivity index (χ0) is 11.5. The minimum Gasteiger partial charge on any atom is -0.464 e. The number of ether oxygens (including phenoxy) is 1. The Morgan fingerprint density at radius 2 is 2.33 bits per heavy atom. The summed E-state index contributed by atoms with van der Waals surface area (Å²) >= 11 is 1.23. The van der Waals surface area contributed by atoms with Crippen LogP contribution in [0, 0.1) is 18.3 Å². The lowest BCUT2D eigenvalue weighted by molar-refractivity contribution is -0.147. The second-order valence-corrected chi connectivity index (χ2v) is 4.27. The molecule has 1 aromatic rings. The van der Waals surface area contributed by atoms with E-state index in [0.29, 0.717) is 5.01 Å². The van der Waals surface area contributed by atoms with Gasteiger partial charge in [-0.3, -0.25) is 0 Å². The maximum atomic E-state index is 11.6. The van der Waals surface area contributed by atoms with Gasteiger partial charge in [-0.1, -0.05) is 11.3 Å². The Morgan fingerprint density at radius 3 is 2.73 bits per heavy atom. The van der Waals surface area contributed by atoms with Gasteiger partial charge in [0.15, 0.2) is 0 Å². The summed E-state index contributed by atoms with van der Waals surface area (Å²) in [6.45, 7) is 5.20. The minimum absolute atomic E-state index is 0.244. The molecule has 1 rings (SSSR count). The van der Waals surface area contributed by atoms with Crippen molar-refractivity contribution in [3.05, 3.63) is 10.0 Å². The van der Waals surface area contributed by atoms with Crippen molar-refractivity contribution >= 4 is 17.3 Å². The van der Waals surface area contributed by atoms with Crippen LogP contribution in [0.2, 0.25) is 0 Å². The van der Waals surface area contributed by atoms with E-state index < -0.39 is 11.4 Å². The maximum absolute atomic E-state index is 11.6. The first-order chi connectivity index (χ1) is 7.04. The second kappa shape index (κ2) is 4.36. The molecule has 6 heteroatoms. The normalized spacial score (nSPS) is 14.0. The van der Waals surface area contributed by atoms with Crippen LogP contribution in [0.1, 0.15) is 23.9 Å². The molecule has 0 aromatic carbocycles. The first-order valence-electron chi connectivity index (χ1n) is 4.43. The SMILES string of the molecule is CCOC(=O)C(C)(C#N)c1nnc(C)s1. The second-order valence-electron chi connectivity index (χ2n) is 3.08. The van der Waals surface area contributed by atoms with E-state index in [-0.39, 0.29) is 6.61 Å². The lowest BCUT2D eigenvalue weighted by Gasteiger charge is -2.15. The molecule has 0 aliphatic carbocycles. The zero-order valence-corrected chi connectivity index (χ0v) is 9.59. The van der Waals surface area contributed by atoms with Crippen molar-refractivity contribution in [1.29, 1.82) is 5.26 Å². The Kier molecular flexibility index (Phi) is 3.37. The van der Waals surface area contributed by atoms with Crippen LogP contribution in [0.3, 0.4) is 0 Å². The first-order valence-corrected chi connectivity index (χ1v) is 5.25. The largest absolute Gasteiger partial charge is 0.464 e. The zero-order valence-electron chi connectivity index (χ0n) is 8.77. The molecule has 0 bridgehead atoms. The molecule has 0 saturated carbocycles. The summed E-state index contributed by atoms with van der Waals surface area (Å²) in [7, 11) is 0. The van der Waals surface area contributed by atoms with Crippen molar-refractivity contribution in [3.63, 3.8) is 0 Å². The van der Waals surface area contributed by atoms with Crippen LogP contribution in [-0.4, -0.2) is 22.8 Å². The van der Waals surface area contributed by atoms with Crippen LogP contribution in [0.15, 0.2) is 0 Å². The number of hydrogen-bond donors (Lipinski definition) is 0. The summed E-state index contributed by atoms with van der Waals surface area (Å²) < 4.78 is 4.84. The van der Waals surface area contributed by atoms with Crippen molar-refractivity contribution < 1.29 is 9.53 Å². The van der Waals surface area contributed by atoms with Gasteiger partial charge in [-0.05, 0) is 20.8 Å². The molecule has 1 aromatic heterocycles. The molecule has 0 spiro atoms. The minimum atomic E-state index is -1.35. The van der Waals surface area contributed by atoms with Crippen LogP contribution in [-0.2, 0) is 14.9 Å². The highest BCUT2D eigenvalue weighted by atomic mass is 32.1. The number of esters is 1. The fourth-order valence-electron chi connectivity index (χ4n) is 0.955. The smallest absolute Gasteiger partial charge is 0.333 e. The molecule has 1 atom stereocenters. The van der Waals surface area contributed by atoms with Gasteiger partial charge in [0.05, 0.1) is 12.7 Å². The third-order valence-electron chi connectivity index (χ3n) is 1.86. The molecule has 5 nitrogen and oxygen atoms in total. The third kappa shape index (κ3) is 2.13. The standard InChI is InChI=1S/C9H11N3O2S/c1-4-14-8(13)9(3,5-10)7-12-11-6(2)15-7/h4H2,1-3H3. The van der Waals surface area contributed by atoms with E-state index >= 15 is 0 Å². The highest BCUT2D eigenvalue weighted by molar-refractivity contribution is 7.11. The van der Waals surface area contributed by atoms with Crippen molar-refractivity contribution in [2.75, 3.05) is 6.61 Å². The van der Waals surface area contributed by atoms with Gasteiger partial charge in [0.25, 0.3) is 0 Å². The van der Waals surface area contributed by atoms with Gasteiger partial charge in [0.1, 0.15) is 10.0 Å². The predicted octanol–water partition coefficient (Wildman–Crippen LogP) is 1.19. The van der Waals surface area contributed by atoms with E-state index in [1.54, 1.807) is 13.8 Å². The Hall–Kier alpha value is -1.48. The fourth-order valence-corrected chi connectivity index (χ4v) is 1.73. The average Bonchev–Trinajstić information content (AvgIpc) is 2.64. The number of aryl methyl sites for hydroxylation is 1. The summed E-state index contributed by atoms with van der Waals surface area (Å²) in [5.74, 6) is -0.580. The van der Waals surface area contributed by atoms with Crippen LogP contribution >= 0.6 is 11.3 Å². The van der Waals surface area contributed by atoms with E-state index in [4.69, 9.17) is 10.00 Å². The van der Waals surface area contributed by atoms with Crippen molar-refractivity contribution in [2.24, 2.45) is 0 Å². The number of rotatable bonds is 3. The molecule has 1 heterocycles. The van der Waals surface area contributed by atoms with E-state index in [2.05, 4.69) is 10.2 Å². The predicted molar refractivity (Wildman–Crippen MR) is 54.2 cm³/mol. The van der Waals surface area contributed by atoms with Crippen LogP contribution < -0.4 is 0 Å². The van der Waals surface area contributed by atoms with Crippen molar-refractivity contribution in [1.82, 2.24) is 10.2 Å². The van der Waals surface area contributed by atoms with E-state index in [1.165, 1.54) is 18.3 Å². The van der Waals surface area contributed by atoms with Crippen LogP contribution in [0.5, 0.6) is 0 Å². The third-order valence-corrected chi connectivity index (χ3v) is 2.92.